The molecule has 26 heavy (non-hydrogen) atoms. The Bertz CT molecular complexity index is 856. The second-order valence-corrected chi connectivity index (χ2v) is 6.48. The number of nitrogens with zero attached hydrogens (tertiary/aromatic N) is 2. The predicted octanol–water partition coefficient (Wildman–Crippen LogP) is 0.490. The number of nitrogens with one attached hydrogen (secondary N) is 2. The number of H-pyrrole nitrogens is 1. The van der Waals surface area contributed by atoms with E-state index in [9.17, 15) is 14.4 Å². The van der Waals surface area contributed by atoms with E-state index in [-0.39, 0.29) is 18.4 Å². The standard InChI is InChI=1S/C18H20N4O4/c23-16(21-5-7-26-8-6-21)11-22-17(24)15(20-18(22)25)9-12-10-19-14-4-2-1-3-13(12)14/h1-4,10,15,19H,5-9,11H2,(H,20,25). The molecule has 2 N–H and O–H groups in total. The van der Waals surface area contributed by atoms with Crippen molar-refractivity contribution in [3.63, 3.8) is 0 Å². The van der Waals surface area contributed by atoms with E-state index >= 15 is 0 Å². The Hall–Kier alpha value is -2.87. The molecular weight excluding hydrogens is 336 g/mol. The van der Waals surface area contributed by atoms with Gasteiger partial charge in [0.15, 0.2) is 0 Å². The van der Waals surface area contributed by atoms with Gasteiger partial charge in [-0.2, -0.15) is 0 Å². The van der Waals surface area contributed by atoms with Gasteiger partial charge >= 0.3 is 6.03 Å². The van der Waals surface area contributed by atoms with Gasteiger partial charge in [0.1, 0.15) is 12.6 Å². The molecule has 4 amide bonds. The molecule has 4 rings (SSSR count). The highest BCUT2D eigenvalue weighted by molar-refractivity contribution is 6.06. The van der Waals surface area contributed by atoms with Gasteiger partial charge in [-0.05, 0) is 11.6 Å². The molecule has 0 bridgehead atoms. The van der Waals surface area contributed by atoms with Crippen LogP contribution < -0.4 is 5.32 Å². The second kappa shape index (κ2) is 6.80. The van der Waals surface area contributed by atoms with Crippen LogP contribution in [0.2, 0.25) is 0 Å². The highest BCUT2D eigenvalue weighted by Crippen LogP contribution is 2.21. The number of carbonyl (C=O) groups is 3. The van der Waals surface area contributed by atoms with E-state index in [1.165, 1.54) is 0 Å². The minimum Gasteiger partial charge on any atom is -0.378 e. The molecule has 1 aromatic heterocycles. The molecule has 0 spiro atoms. The molecule has 2 fully saturated rings. The van der Waals surface area contributed by atoms with Crippen LogP contribution in [0, 0.1) is 0 Å². The third-order valence-electron chi connectivity index (χ3n) is 4.86. The summed E-state index contributed by atoms with van der Waals surface area (Å²) in [6.45, 7) is 1.71. The zero-order chi connectivity index (χ0) is 18.1. The average Bonchev–Trinajstić information content (AvgIpc) is 3.19. The molecule has 1 aromatic carbocycles. The monoisotopic (exact) mass is 356 g/mol. The summed E-state index contributed by atoms with van der Waals surface area (Å²) in [5, 5.41) is 3.72. The number of rotatable bonds is 4. The second-order valence-electron chi connectivity index (χ2n) is 6.48. The Morgan fingerprint density at radius 2 is 1.96 bits per heavy atom. The smallest absolute Gasteiger partial charge is 0.325 e. The van der Waals surface area contributed by atoms with E-state index < -0.39 is 12.1 Å². The van der Waals surface area contributed by atoms with E-state index in [4.69, 9.17) is 4.74 Å². The summed E-state index contributed by atoms with van der Waals surface area (Å²) in [6, 6.07) is 6.63. The number of aromatic amines is 1. The van der Waals surface area contributed by atoms with Gasteiger partial charge in [0.25, 0.3) is 5.91 Å². The molecule has 0 radical (unpaired) electrons. The van der Waals surface area contributed by atoms with Gasteiger partial charge in [-0.25, -0.2) is 4.79 Å². The van der Waals surface area contributed by atoms with Gasteiger partial charge in [-0.1, -0.05) is 18.2 Å². The Labute approximate surface area is 150 Å². The molecule has 8 nitrogen and oxygen atoms in total. The van der Waals surface area contributed by atoms with Gasteiger partial charge in [0.05, 0.1) is 13.2 Å². The van der Waals surface area contributed by atoms with Crippen LogP contribution in [0.25, 0.3) is 10.9 Å². The van der Waals surface area contributed by atoms with Crippen molar-refractivity contribution in [1.82, 2.24) is 20.1 Å². The fourth-order valence-electron chi connectivity index (χ4n) is 3.43. The zero-order valence-electron chi connectivity index (χ0n) is 14.2. The summed E-state index contributed by atoms with van der Waals surface area (Å²) in [5.41, 5.74) is 1.94. The number of morpholine rings is 1. The molecule has 1 unspecified atom stereocenters. The molecule has 3 heterocycles. The zero-order valence-corrected chi connectivity index (χ0v) is 14.2. The maximum atomic E-state index is 12.6. The number of aromatic nitrogens is 1. The molecule has 2 aliphatic rings. The molecule has 1 atom stereocenters. The van der Waals surface area contributed by atoms with E-state index in [0.717, 1.165) is 21.4 Å². The van der Waals surface area contributed by atoms with Gasteiger partial charge in [0, 0.05) is 36.6 Å². The number of carbonyl (C=O) groups excluding carboxylic acids is 3. The lowest BCUT2D eigenvalue weighted by Gasteiger charge is -2.28. The Morgan fingerprint density at radius 1 is 1.19 bits per heavy atom. The molecule has 2 saturated heterocycles. The minimum absolute atomic E-state index is 0.227. The van der Waals surface area contributed by atoms with Crippen LogP contribution in [0.1, 0.15) is 5.56 Å². The quantitative estimate of drug-likeness (QED) is 0.780. The van der Waals surface area contributed by atoms with Crippen molar-refractivity contribution in [2.75, 3.05) is 32.8 Å². The number of urea groups is 1. The predicted molar refractivity (Wildman–Crippen MR) is 93.4 cm³/mol. The molecule has 8 heteroatoms. The summed E-state index contributed by atoms with van der Waals surface area (Å²) >= 11 is 0. The van der Waals surface area contributed by atoms with Crippen LogP contribution in [0.15, 0.2) is 30.5 Å². The number of hydrogen-bond donors (Lipinski definition) is 2. The van der Waals surface area contributed by atoms with E-state index in [1.807, 2.05) is 30.5 Å². The molecule has 0 saturated carbocycles. The first-order valence-electron chi connectivity index (χ1n) is 8.66. The lowest BCUT2D eigenvalue weighted by molar-refractivity contribution is -0.140. The Balaban J connectivity index is 1.44. The number of fused-ring (bicyclic) bond motifs is 1. The number of benzene rings is 1. The third kappa shape index (κ3) is 3.03. The van der Waals surface area contributed by atoms with Crippen molar-refractivity contribution in [1.29, 1.82) is 0 Å². The maximum Gasteiger partial charge on any atom is 0.325 e. The normalized spacial score (nSPS) is 20.7. The van der Waals surface area contributed by atoms with E-state index in [1.54, 1.807) is 4.90 Å². The highest BCUT2D eigenvalue weighted by atomic mass is 16.5. The average molecular weight is 356 g/mol. The van der Waals surface area contributed by atoms with Crippen molar-refractivity contribution >= 4 is 28.7 Å². The van der Waals surface area contributed by atoms with Crippen LogP contribution in [0.5, 0.6) is 0 Å². The largest absolute Gasteiger partial charge is 0.378 e. The molecule has 2 aliphatic heterocycles. The first kappa shape index (κ1) is 16.6. The van der Waals surface area contributed by atoms with Crippen molar-refractivity contribution in [2.45, 2.75) is 12.5 Å². The highest BCUT2D eigenvalue weighted by Gasteiger charge is 2.39. The van der Waals surface area contributed by atoms with Crippen molar-refractivity contribution in [3.05, 3.63) is 36.0 Å². The number of amides is 4. The fraction of sp³-hybridized carbons (Fsp3) is 0.389. The lowest BCUT2D eigenvalue weighted by atomic mass is 10.1. The van der Waals surface area contributed by atoms with Gasteiger partial charge in [-0.3, -0.25) is 14.5 Å². The van der Waals surface area contributed by atoms with Crippen molar-refractivity contribution in [2.24, 2.45) is 0 Å². The molecular formula is C18H20N4O4. The molecule has 2 aromatic rings. The van der Waals surface area contributed by atoms with Crippen LogP contribution >= 0.6 is 0 Å². The summed E-state index contributed by atoms with van der Waals surface area (Å²) in [5.74, 6) is -0.591. The maximum absolute atomic E-state index is 12.6. The summed E-state index contributed by atoms with van der Waals surface area (Å²) in [7, 11) is 0. The van der Waals surface area contributed by atoms with Crippen molar-refractivity contribution in [3.8, 4) is 0 Å². The topological polar surface area (TPSA) is 94.7 Å². The first-order chi connectivity index (χ1) is 12.6. The SMILES string of the molecule is O=C(CN1C(=O)NC(Cc2c[nH]c3ccccc23)C1=O)N1CCOCC1. The molecule has 136 valence electrons. The van der Waals surface area contributed by atoms with E-state index in [0.29, 0.717) is 32.7 Å². The Kier molecular flexibility index (Phi) is 4.34. The lowest BCUT2D eigenvalue weighted by Crippen LogP contribution is -2.47. The van der Waals surface area contributed by atoms with Crippen LogP contribution in [-0.4, -0.2) is 71.5 Å². The summed E-state index contributed by atoms with van der Waals surface area (Å²) < 4.78 is 5.22. The third-order valence-corrected chi connectivity index (χ3v) is 4.86. The van der Waals surface area contributed by atoms with Gasteiger partial charge < -0.3 is 19.9 Å². The number of imide groups is 1. The summed E-state index contributed by atoms with van der Waals surface area (Å²) in [6.07, 6.45) is 2.24. The summed E-state index contributed by atoms with van der Waals surface area (Å²) in [4.78, 5) is 43.0. The number of para-hydroxylation sites is 1. The van der Waals surface area contributed by atoms with Gasteiger partial charge in [0.2, 0.25) is 5.91 Å². The van der Waals surface area contributed by atoms with Gasteiger partial charge in [-0.15, -0.1) is 0 Å². The van der Waals surface area contributed by atoms with Crippen LogP contribution in [0.4, 0.5) is 4.79 Å². The minimum atomic E-state index is -0.654. The van der Waals surface area contributed by atoms with E-state index in [2.05, 4.69) is 10.3 Å². The van der Waals surface area contributed by atoms with Crippen LogP contribution in [-0.2, 0) is 20.7 Å². The first-order valence-corrected chi connectivity index (χ1v) is 8.66. The molecule has 0 aliphatic carbocycles. The fourth-order valence-corrected chi connectivity index (χ4v) is 3.43. The van der Waals surface area contributed by atoms with Crippen molar-refractivity contribution < 1.29 is 19.1 Å². The number of ether oxygens (including phenoxy) is 1. The Morgan fingerprint density at radius 3 is 2.77 bits per heavy atom. The number of hydrogen-bond acceptors (Lipinski definition) is 4. The van der Waals surface area contributed by atoms with Crippen LogP contribution in [0.3, 0.4) is 0 Å².